The van der Waals surface area contributed by atoms with Crippen LogP contribution in [0.2, 0.25) is 0 Å². The molecule has 0 spiro atoms. The van der Waals surface area contributed by atoms with Crippen LogP contribution in [0.5, 0.6) is 0 Å². The first-order valence-corrected chi connectivity index (χ1v) is 12.1. The van der Waals surface area contributed by atoms with Gasteiger partial charge in [-0.25, -0.2) is 0 Å². The Balaban J connectivity index is 3.01. The lowest BCUT2D eigenvalue weighted by molar-refractivity contribution is -0.870. The van der Waals surface area contributed by atoms with Crippen molar-refractivity contribution in [2.45, 2.75) is 116 Å². The highest BCUT2D eigenvalue weighted by Gasteiger charge is 2.04. The summed E-state index contributed by atoms with van der Waals surface area (Å²) in [5.74, 6) is 1.07. The van der Waals surface area contributed by atoms with Crippen molar-refractivity contribution in [1.29, 1.82) is 0 Å². The van der Waals surface area contributed by atoms with Gasteiger partial charge in [0.25, 0.3) is 0 Å². The minimum Gasteiger partial charge on any atom is -0.331 e. The zero-order valence-corrected chi connectivity index (χ0v) is 18.9. The van der Waals surface area contributed by atoms with Gasteiger partial charge in [0, 0.05) is 0 Å². The van der Waals surface area contributed by atoms with Crippen molar-refractivity contribution in [3.63, 3.8) is 0 Å². The van der Waals surface area contributed by atoms with Gasteiger partial charge in [-0.05, 0) is 25.0 Å². The fourth-order valence-corrected chi connectivity index (χ4v) is 3.75. The molecule has 0 aromatic rings. The van der Waals surface area contributed by atoms with E-state index in [0.717, 1.165) is 10.2 Å². The molecule has 0 aliphatic rings. The first-order chi connectivity index (χ1) is 12.1. The summed E-state index contributed by atoms with van der Waals surface area (Å²) in [5, 5.41) is 0. The lowest BCUT2D eigenvalue weighted by Gasteiger charge is -2.23. The number of nitrogens with zero attached hydrogens (tertiary/aromatic N) is 1. The molecule has 0 saturated heterocycles. The Kier molecular flexibility index (Phi) is 19.3. The average molecular weight is 373 g/mol. The van der Waals surface area contributed by atoms with E-state index in [1.807, 2.05) is 0 Å². The number of thiol groups is 1. The largest absolute Gasteiger partial charge is 0.331 e. The van der Waals surface area contributed by atoms with Crippen LogP contribution in [-0.2, 0) is 0 Å². The molecule has 0 bridgehead atoms. The number of hydrogen-bond donors (Lipinski definition) is 1. The second kappa shape index (κ2) is 19.1. The van der Waals surface area contributed by atoms with E-state index in [9.17, 15) is 0 Å². The molecule has 1 nitrogen and oxygen atoms in total. The molecule has 0 radical (unpaired) electrons. The van der Waals surface area contributed by atoms with Crippen LogP contribution in [0.4, 0.5) is 0 Å². The SMILES string of the molecule is C[N+](C)(C)CCCCCCCCCCCCCCCCCCCCS. The van der Waals surface area contributed by atoms with Crippen molar-refractivity contribution in [3.8, 4) is 0 Å². The third-order valence-corrected chi connectivity index (χ3v) is 5.55. The van der Waals surface area contributed by atoms with Crippen molar-refractivity contribution in [1.82, 2.24) is 0 Å². The van der Waals surface area contributed by atoms with Gasteiger partial charge in [0.05, 0.1) is 27.7 Å². The molecule has 0 heterocycles. The maximum Gasteiger partial charge on any atom is 0.0780 e. The average Bonchev–Trinajstić information content (AvgIpc) is 2.56. The standard InChI is InChI=1S/C23H49NS/c1-24(2,3)22-20-18-16-14-12-10-8-6-4-5-7-9-11-13-15-17-19-21-23-25/h4-23H2,1-3H3/p+1. The molecule has 0 unspecified atom stereocenters. The highest BCUT2D eigenvalue weighted by molar-refractivity contribution is 7.80. The van der Waals surface area contributed by atoms with Gasteiger partial charge in [0.1, 0.15) is 0 Å². The van der Waals surface area contributed by atoms with Crippen LogP contribution in [0.15, 0.2) is 0 Å². The molecule has 0 aliphatic carbocycles. The van der Waals surface area contributed by atoms with Gasteiger partial charge in [-0.2, -0.15) is 12.6 Å². The summed E-state index contributed by atoms with van der Waals surface area (Å²) in [6.07, 6.45) is 26.0. The Morgan fingerprint density at radius 1 is 0.400 bits per heavy atom. The van der Waals surface area contributed by atoms with Gasteiger partial charge < -0.3 is 4.48 Å². The third-order valence-electron chi connectivity index (χ3n) is 5.24. The molecule has 0 fully saturated rings. The molecule has 0 atom stereocenters. The maximum atomic E-state index is 4.26. The summed E-state index contributed by atoms with van der Waals surface area (Å²) in [5.41, 5.74) is 0. The van der Waals surface area contributed by atoms with Gasteiger partial charge in [-0.3, -0.25) is 0 Å². The number of rotatable bonds is 20. The molecule has 152 valence electrons. The van der Waals surface area contributed by atoms with Crippen molar-refractivity contribution in [2.75, 3.05) is 33.4 Å². The van der Waals surface area contributed by atoms with E-state index in [4.69, 9.17) is 0 Å². The molecule has 0 rings (SSSR count). The molecular weight excluding hydrogens is 322 g/mol. The smallest absolute Gasteiger partial charge is 0.0780 e. The summed E-state index contributed by atoms with van der Waals surface area (Å²) in [6.45, 7) is 1.33. The molecule has 0 aromatic heterocycles. The summed E-state index contributed by atoms with van der Waals surface area (Å²) in [4.78, 5) is 0. The Morgan fingerprint density at radius 2 is 0.640 bits per heavy atom. The highest BCUT2D eigenvalue weighted by atomic mass is 32.1. The molecule has 0 aromatic carbocycles. The van der Waals surface area contributed by atoms with E-state index < -0.39 is 0 Å². The van der Waals surface area contributed by atoms with E-state index in [1.165, 1.54) is 122 Å². The van der Waals surface area contributed by atoms with E-state index in [2.05, 4.69) is 33.8 Å². The van der Waals surface area contributed by atoms with Crippen LogP contribution in [0.3, 0.4) is 0 Å². The van der Waals surface area contributed by atoms with Crippen molar-refractivity contribution in [2.24, 2.45) is 0 Å². The fraction of sp³-hybridized carbons (Fsp3) is 1.00. The predicted octanol–water partition coefficient (Wildman–Crippen LogP) is 7.64. The van der Waals surface area contributed by atoms with E-state index in [1.54, 1.807) is 0 Å². The Labute approximate surface area is 166 Å². The summed E-state index contributed by atoms with van der Waals surface area (Å²) in [6, 6.07) is 0. The number of quaternary nitrogens is 1. The number of unbranched alkanes of at least 4 members (excludes halogenated alkanes) is 17. The van der Waals surface area contributed by atoms with Crippen LogP contribution in [0, 0.1) is 0 Å². The van der Waals surface area contributed by atoms with Crippen LogP contribution >= 0.6 is 12.6 Å². The molecule has 0 N–H and O–H groups in total. The van der Waals surface area contributed by atoms with Crippen LogP contribution < -0.4 is 0 Å². The van der Waals surface area contributed by atoms with Gasteiger partial charge in [-0.15, -0.1) is 0 Å². The van der Waals surface area contributed by atoms with E-state index in [0.29, 0.717) is 0 Å². The van der Waals surface area contributed by atoms with Crippen molar-refractivity contribution < 1.29 is 4.48 Å². The van der Waals surface area contributed by atoms with Gasteiger partial charge >= 0.3 is 0 Å². The summed E-state index contributed by atoms with van der Waals surface area (Å²) >= 11 is 4.26. The second-order valence-corrected chi connectivity index (χ2v) is 9.55. The second-order valence-electron chi connectivity index (χ2n) is 9.10. The summed E-state index contributed by atoms with van der Waals surface area (Å²) in [7, 11) is 6.89. The maximum absolute atomic E-state index is 4.26. The molecule has 0 amide bonds. The lowest BCUT2D eigenvalue weighted by Crippen LogP contribution is -2.35. The lowest BCUT2D eigenvalue weighted by atomic mass is 10.0. The fourth-order valence-electron chi connectivity index (χ4n) is 3.53. The predicted molar refractivity (Wildman–Crippen MR) is 120 cm³/mol. The topological polar surface area (TPSA) is 0 Å². The molecule has 0 saturated carbocycles. The molecule has 25 heavy (non-hydrogen) atoms. The molecule has 2 heteroatoms. The Bertz CT molecular complexity index is 247. The van der Waals surface area contributed by atoms with Gasteiger partial charge in [-0.1, -0.05) is 96.3 Å². The quantitative estimate of drug-likeness (QED) is 0.127. The normalized spacial score (nSPS) is 12.0. The first-order valence-electron chi connectivity index (χ1n) is 11.5. The third kappa shape index (κ3) is 24.3. The van der Waals surface area contributed by atoms with E-state index >= 15 is 0 Å². The van der Waals surface area contributed by atoms with Crippen LogP contribution in [0.25, 0.3) is 0 Å². The Hall–Kier alpha value is 0.310. The van der Waals surface area contributed by atoms with Gasteiger partial charge in [0.2, 0.25) is 0 Å². The van der Waals surface area contributed by atoms with E-state index in [-0.39, 0.29) is 0 Å². The van der Waals surface area contributed by atoms with Crippen molar-refractivity contribution >= 4 is 12.6 Å². The van der Waals surface area contributed by atoms with Gasteiger partial charge in [0.15, 0.2) is 0 Å². The van der Waals surface area contributed by atoms with Crippen LogP contribution in [0.1, 0.15) is 116 Å². The van der Waals surface area contributed by atoms with Crippen molar-refractivity contribution in [3.05, 3.63) is 0 Å². The highest BCUT2D eigenvalue weighted by Crippen LogP contribution is 2.14. The zero-order valence-electron chi connectivity index (χ0n) is 18.0. The zero-order chi connectivity index (χ0) is 18.6. The Morgan fingerprint density at radius 3 is 0.880 bits per heavy atom. The first kappa shape index (κ1) is 25.3. The molecule has 0 aliphatic heterocycles. The minimum absolute atomic E-state index is 1.07. The van der Waals surface area contributed by atoms with Crippen LogP contribution in [-0.4, -0.2) is 37.9 Å². The monoisotopic (exact) mass is 372 g/mol. The summed E-state index contributed by atoms with van der Waals surface area (Å²) < 4.78 is 1.12. The minimum atomic E-state index is 1.07. The number of hydrogen-bond acceptors (Lipinski definition) is 1. The molecular formula is C23H50NS+.